The smallest absolute Gasteiger partial charge is 0.410 e. The molecule has 0 atom stereocenters. The lowest BCUT2D eigenvalue weighted by atomic mass is 9.86. The summed E-state index contributed by atoms with van der Waals surface area (Å²) in [6, 6.07) is 5.63. The van der Waals surface area contributed by atoms with E-state index in [1.165, 1.54) is 0 Å². The van der Waals surface area contributed by atoms with Crippen LogP contribution in [0.15, 0.2) is 18.2 Å². The molecule has 2 fully saturated rings. The Hall–Kier alpha value is -2.71. The van der Waals surface area contributed by atoms with Gasteiger partial charge in [0, 0.05) is 51.0 Å². The molecule has 37 heavy (non-hydrogen) atoms. The Labute approximate surface area is 218 Å². The summed E-state index contributed by atoms with van der Waals surface area (Å²) in [5, 5.41) is 0. The van der Waals surface area contributed by atoms with E-state index in [1.807, 2.05) is 32.9 Å². The molecule has 1 aliphatic carbocycles. The molecule has 1 aromatic heterocycles. The van der Waals surface area contributed by atoms with E-state index in [0.717, 1.165) is 11.3 Å². The Morgan fingerprint density at radius 2 is 1.59 bits per heavy atom. The van der Waals surface area contributed by atoms with Gasteiger partial charge in [-0.15, -0.1) is 0 Å². The average molecular weight is 519 g/mol. The van der Waals surface area contributed by atoms with E-state index < -0.39 is 11.5 Å². The van der Waals surface area contributed by atoms with Gasteiger partial charge in [-0.05, 0) is 51.7 Å². The van der Waals surface area contributed by atoms with Crippen molar-refractivity contribution < 1.29 is 23.1 Å². The summed E-state index contributed by atoms with van der Waals surface area (Å²) in [5.74, 6) is -1.67. The number of halogens is 2. The first-order valence-electron chi connectivity index (χ1n) is 13.3. The summed E-state index contributed by atoms with van der Waals surface area (Å²) < 4.78 is 35.1. The monoisotopic (exact) mass is 518 g/mol. The second-order valence-corrected chi connectivity index (χ2v) is 12.5. The fourth-order valence-corrected chi connectivity index (χ4v) is 5.21. The molecule has 1 saturated carbocycles. The van der Waals surface area contributed by atoms with Crippen LogP contribution in [0.1, 0.15) is 83.4 Å². The molecule has 2 aromatic rings. The average Bonchev–Trinajstić information content (AvgIpc) is 3.18. The molecule has 4 rings (SSSR count). The number of aromatic nitrogens is 2. The van der Waals surface area contributed by atoms with Crippen LogP contribution in [0, 0.1) is 5.92 Å². The molecular formula is C28H40F2N4O3. The van der Waals surface area contributed by atoms with E-state index in [0.29, 0.717) is 56.6 Å². The first kappa shape index (κ1) is 27.3. The van der Waals surface area contributed by atoms with Crippen LogP contribution in [-0.2, 0) is 16.7 Å². The normalized spacial score (nSPS) is 19.4. The van der Waals surface area contributed by atoms with Crippen LogP contribution in [0.5, 0.6) is 0 Å². The van der Waals surface area contributed by atoms with E-state index in [9.17, 15) is 18.4 Å². The van der Waals surface area contributed by atoms with Crippen molar-refractivity contribution in [1.82, 2.24) is 19.4 Å². The van der Waals surface area contributed by atoms with E-state index >= 15 is 0 Å². The molecule has 7 nitrogen and oxygen atoms in total. The van der Waals surface area contributed by atoms with Crippen LogP contribution in [-0.4, -0.2) is 69.1 Å². The van der Waals surface area contributed by atoms with Crippen LogP contribution < -0.4 is 0 Å². The molecule has 0 radical (unpaired) electrons. The lowest BCUT2D eigenvalue weighted by Crippen LogP contribution is -2.51. The lowest BCUT2D eigenvalue weighted by molar-refractivity contribution is -0.0473. The quantitative estimate of drug-likeness (QED) is 0.511. The minimum atomic E-state index is -2.56. The Morgan fingerprint density at radius 3 is 2.16 bits per heavy atom. The van der Waals surface area contributed by atoms with Gasteiger partial charge in [0.15, 0.2) is 0 Å². The number of amides is 2. The number of nitrogens with zero attached hydrogens (tertiary/aromatic N) is 4. The van der Waals surface area contributed by atoms with Crippen LogP contribution in [0.4, 0.5) is 13.6 Å². The maximum absolute atomic E-state index is 13.7. The molecule has 204 valence electrons. The largest absolute Gasteiger partial charge is 0.444 e. The fraction of sp³-hybridized carbons (Fsp3) is 0.679. The molecule has 1 aromatic carbocycles. The number of carbonyl (C=O) groups is 2. The summed E-state index contributed by atoms with van der Waals surface area (Å²) in [4.78, 5) is 34.4. The van der Waals surface area contributed by atoms with Gasteiger partial charge in [0.1, 0.15) is 16.9 Å². The van der Waals surface area contributed by atoms with Crippen molar-refractivity contribution in [1.29, 1.82) is 0 Å². The maximum Gasteiger partial charge on any atom is 0.410 e. The molecule has 2 aliphatic rings. The number of hydrogen-bond donors (Lipinski definition) is 0. The highest BCUT2D eigenvalue weighted by molar-refractivity contribution is 6.05. The standard InChI is InChI=1S/C28H40F2N4O3/c1-26(2,3)24-31-22-20(23(35)32-14-16-33(17-15-32)25(36)37-27(4,5)6)8-7-9-21(22)34(24)18-19-10-12-28(29,30)13-11-19/h7-9,19H,10-18H2,1-6H3. The van der Waals surface area contributed by atoms with Crippen molar-refractivity contribution in [2.45, 2.75) is 90.7 Å². The molecule has 0 bridgehead atoms. The van der Waals surface area contributed by atoms with Crippen molar-refractivity contribution >= 4 is 23.0 Å². The number of benzene rings is 1. The van der Waals surface area contributed by atoms with E-state index in [-0.39, 0.29) is 36.2 Å². The summed E-state index contributed by atoms with van der Waals surface area (Å²) >= 11 is 0. The number of para-hydroxylation sites is 1. The third-order valence-electron chi connectivity index (χ3n) is 7.18. The van der Waals surface area contributed by atoms with Crippen molar-refractivity contribution in [3.63, 3.8) is 0 Å². The summed E-state index contributed by atoms with van der Waals surface area (Å²) in [7, 11) is 0. The van der Waals surface area contributed by atoms with Crippen LogP contribution >= 0.6 is 0 Å². The van der Waals surface area contributed by atoms with Gasteiger partial charge in [0.25, 0.3) is 5.91 Å². The highest BCUT2D eigenvalue weighted by atomic mass is 19.3. The van der Waals surface area contributed by atoms with E-state index in [1.54, 1.807) is 15.9 Å². The first-order chi connectivity index (χ1) is 17.1. The molecule has 0 N–H and O–H groups in total. The van der Waals surface area contributed by atoms with Crippen molar-refractivity contribution in [2.75, 3.05) is 26.2 Å². The number of ether oxygens (including phenoxy) is 1. The first-order valence-corrected chi connectivity index (χ1v) is 13.3. The predicted molar refractivity (Wildman–Crippen MR) is 139 cm³/mol. The minimum Gasteiger partial charge on any atom is -0.444 e. The zero-order chi connectivity index (χ0) is 27.2. The van der Waals surface area contributed by atoms with Gasteiger partial charge in [-0.1, -0.05) is 26.8 Å². The molecule has 2 amide bonds. The Balaban J connectivity index is 1.56. The highest BCUT2D eigenvalue weighted by Gasteiger charge is 2.36. The summed E-state index contributed by atoms with van der Waals surface area (Å²) in [6.45, 7) is 14.0. The van der Waals surface area contributed by atoms with Gasteiger partial charge < -0.3 is 19.1 Å². The maximum atomic E-state index is 13.7. The number of alkyl halides is 2. The molecule has 1 aliphatic heterocycles. The molecule has 2 heterocycles. The van der Waals surface area contributed by atoms with E-state index in [4.69, 9.17) is 9.72 Å². The van der Waals surface area contributed by atoms with Gasteiger partial charge in [-0.3, -0.25) is 4.79 Å². The number of piperazine rings is 1. The third kappa shape index (κ3) is 6.24. The minimum absolute atomic E-state index is 0.0752. The second kappa shape index (κ2) is 9.87. The Morgan fingerprint density at radius 1 is 1.00 bits per heavy atom. The number of carbonyl (C=O) groups excluding carboxylic acids is 2. The van der Waals surface area contributed by atoms with Gasteiger partial charge in [-0.2, -0.15) is 0 Å². The number of imidazole rings is 1. The van der Waals surface area contributed by atoms with Gasteiger partial charge in [-0.25, -0.2) is 18.6 Å². The zero-order valence-electron chi connectivity index (χ0n) is 22.9. The van der Waals surface area contributed by atoms with Crippen molar-refractivity contribution in [3.05, 3.63) is 29.6 Å². The van der Waals surface area contributed by atoms with Crippen molar-refractivity contribution in [2.24, 2.45) is 5.92 Å². The number of fused-ring (bicyclic) bond motifs is 1. The SMILES string of the molecule is CC(C)(C)OC(=O)N1CCN(C(=O)c2cccc3c2nc(C(C)(C)C)n3CC2CCC(F)(F)CC2)CC1. The van der Waals surface area contributed by atoms with Crippen LogP contribution in [0.25, 0.3) is 11.0 Å². The molecule has 1 saturated heterocycles. The summed E-state index contributed by atoms with van der Waals surface area (Å²) in [5.41, 5.74) is 1.19. The van der Waals surface area contributed by atoms with Gasteiger partial charge >= 0.3 is 6.09 Å². The third-order valence-corrected chi connectivity index (χ3v) is 7.18. The molecule has 0 spiro atoms. The Kier molecular flexibility index (Phi) is 7.29. The molecule has 0 unspecified atom stereocenters. The topological polar surface area (TPSA) is 67.7 Å². The highest BCUT2D eigenvalue weighted by Crippen LogP contribution is 2.38. The predicted octanol–water partition coefficient (Wildman–Crippen LogP) is 5.85. The molecular weight excluding hydrogens is 478 g/mol. The summed E-state index contributed by atoms with van der Waals surface area (Å²) in [6.07, 6.45) is 0.450. The van der Waals surface area contributed by atoms with E-state index in [2.05, 4.69) is 25.3 Å². The number of hydrogen-bond acceptors (Lipinski definition) is 4. The number of rotatable bonds is 3. The Bertz CT molecular complexity index is 1140. The second-order valence-electron chi connectivity index (χ2n) is 12.5. The van der Waals surface area contributed by atoms with Crippen LogP contribution in [0.3, 0.4) is 0 Å². The lowest BCUT2D eigenvalue weighted by Gasteiger charge is -2.35. The van der Waals surface area contributed by atoms with Gasteiger partial charge in [0.2, 0.25) is 5.92 Å². The molecule has 9 heteroatoms. The zero-order valence-corrected chi connectivity index (χ0v) is 22.9. The van der Waals surface area contributed by atoms with Crippen molar-refractivity contribution in [3.8, 4) is 0 Å². The van der Waals surface area contributed by atoms with Crippen LogP contribution in [0.2, 0.25) is 0 Å². The fourth-order valence-electron chi connectivity index (χ4n) is 5.21. The van der Waals surface area contributed by atoms with Gasteiger partial charge in [0.05, 0.1) is 11.1 Å².